The maximum Gasteiger partial charge on any atom is 0.417 e. The monoisotopic (exact) mass is 299 g/mol. The second-order valence-electron chi connectivity index (χ2n) is 4.42. The number of alkyl halides is 3. The molecule has 1 nitrogen and oxygen atoms in total. The molecule has 2 rings (SSSR count). The summed E-state index contributed by atoms with van der Waals surface area (Å²) in [5.74, 6) is 0.260. The van der Waals surface area contributed by atoms with Crippen LogP contribution in [0.15, 0.2) is 18.2 Å². The molecule has 1 atom stereocenters. The zero-order chi connectivity index (χ0) is 12.6. The van der Waals surface area contributed by atoms with Gasteiger partial charge in [0.15, 0.2) is 0 Å². The molecule has 1 saturated carbocycles. The van der Waals surface area contributed by atoms with Gasteiger partial charge in [-0.3, -0.25) is 0 Å². The van der Waals surface area contributed by atoms with Crippen LogP contribution in [0.4, 0.5) is 13.2 Å². The van der Waals surface area contributed by atoms with Gasteiger partial charge in [-0.1, -0.05) is 30.2 Å². The second kappa shape index (κ2) is 5.68. The van der Waals surface area contributed by atoms with Crippen molar-refractivity contribution < 1.29 is 13.2 Å². The first-order valence-corrected chi connectivity index (χ1v) is 5.90. The molecule has 0 amide bonds. The largest absolute Gasteiger partial charge is 0.417 e. The van der Waals surface area contributed by atoms with Gasteiger partial charge in [0.05, 0.1) is 10.6 Å². The van der Waals surface area contributed by atoms with Crippen molar-refractivity contribution in [3.8, 4) is 0 Å². The van der Waals surface area contributed by atoms with E-state index in [-0.39, 0.29) is 23.3 Å². The lowest BCUT2D eigenvalue weighted by Gasteiger charge is -2.32. The Balaban J connectivity index is 0.00000162. The molecule has 1 aliphatic rings. The minimum atomic E-state index is -4.42. The summed E-state index contributed by atoms with van der Waals surface area (Å²) in [6.45, 7) is 0. The van der Waals surface area contributed by atoms with Crippen molar-refractivity contribution in [3.63, 3.8) is 0 Å². The topological polar surface area (TPSA) is 26.0 Å². The average molecular weight is 300 g/mol. The van der Waals surface area contributed by atoms with Gasteiger partial charge in [-0.05, 0) is 30.4 Å². The molecule has 1 aliphatic carbocycles. The van der Waals surface area contributed by atoms with E-state index >= 15 is 0 Å². The summed E-state index contributed by atoms with van der Waals surface area (Å²) < 4.78 is 38.0. The van der Waals surface area contributed by atoms with Crippen LogP contribution < -0.4 is 5.73 Å². The van der Waals surface area contributed by atoms with E-state index < -0.39 is 17.8 Å². The normalized spacial score (nSPS) is 17.8. The molecule has 102 valence electrons. The Morgan fingerprint density at radius 3 is 2.33 bits per heavy atom. The van der Waals surface area contributed by atoms with Gasteiger partial charge in [-0.25, -0.2) is 0 Å². The van der Waals surface area contributed by atoms with E-state index in [1.165, 1.54) is 6.07 Å². The van der Waals surface area contributed by atoms with Gasteiger partial charge in [-0.15, -0.1) is 12.4 Å². The Hall–Kier alpha value is -0.450. The molecule has 0 aliphatic heterocycles. The van der Waals surface area contributed by atoms with Gasteiger partial charge < -0.3 is 5.73 Å². The molecule has 0 spiro atoms. The predicted molar refractivity (Wildman–Crippen MR) is 68.0 cm³/mol. The van der Waals surface area contributed by atoms with Crippen molar-refractivity contribution >= 4 is 24.0 Å². The molecule has 2 N–H and O–H groups in total. The number of halogens is 5. The minimum Gasteiger partial charge on any atom is -0.324 e. The fraction of sp³-hybridized carbons (Fsp3) is 0.500. The summed E-state index contributed by atoms with van der Waals surface area (Å²) in [6, 6.07) is 3.54. The first-order valence-electron chi connectivity index (χ1n) is 5.52. The number of benzene rings is 1. The molecule has 0 saturated heterocycles. The van der Waals surface area contributed by atoms with E-state index in [9.17, 15) is 13.2 Å². The molecule has 1 aromatic rings. The molecule has 0 unspecified atom stereocenters. The number of rotatable bonds is 2. The van der Waals surface area contributed by atoms with E-state index in [1.54, 1.807) is 6.07 Å². The van der Waals surface area contributed by atoms with Crippen LogP contribution in [0.25, 0.3) is 0 Å². The SMILES string of the molecule is Cl.N[C@H](c1cccc(C(F)(F)F)c1Cl)C1CCC1. The highest BCUT2D eigenvalue weighted by Gasteiger charge is 2.35. The summed E-state index contributed by atoms with van der Waals surface area (Å²) in [4.78, 5) is 0. The van der Waals surface area contributed by atoms with E-state index in [2.05, 4.69) is 0 Å². The summed E-state index contributed by atoms with van der Waals surface area (Å²) in [7, 11) is 0. The van der Waals surface area contributed by atoms with Crippen molar-refractivity contribution in [3.05, 3.63) is 34.3 Å². The third-order valence-corrected chi connectivity index (χ3v) is 3.77. The standard InChI is InChI=1S/C12H13ClF3N.ClH/c13-10-8(11(17)7-3-1-4-7)5-2-6-9(10)12(14,15)16;/h2,5-7,11H,1,3-4,17H2;1H/t11-;/m0./s1. The minimum absolute atomic E-state index is 0. The summed E-state index contributed by atoms with van der Waals surface area (Å²) >= 11 is 5.81. The Morgan fingerprint density at radius 2 is 1.89 bits per heavy atom. The average Bonchev–Trinajstić information content (AvgIpc) is 2.13. The Morgan fingerprint density at radius 1 is 1.28 bits per heavy atom. The van der Waals surface area contributed by atoms with E-state index in [1.807, 2.05) is 0 Å². The van der Waals surface area contributed by atoms with Crippen LogP contribution >= 0.6 is 24.0 Å². The Kier molecular flexibility index (Phi) is 4.92. The molecular weight excluding hydrogens is 286 g/mol. The number of hydrogen-bond acceptors (Lipinski definition) is 1. The van der Waals surface area contributed by atoms with Crippen LogP contribution in [0.3, 0.4) is 0 Å². The molecule has 6 heteroatoms. The zero-order valence-corrected chi connectivity index (χ0v) is 11.1. The third-order valence-electron chi connectivity index (χ3n) is 3.35. The lowest BCUT2D eigenvalue weighted by molar-refractivity contribution is -0.137. The molecule has 1 fully saturated rings. The molecule has 1 aromatic carbocycles. The van der Waals surface area contributed by atoms with Crippen molar-refractivity contribution in [2.75, 3.05) is 0 Å². The van der Waals surface area contributed by atoms with Crippen LogP contribution in [0.5, 0.6) is 0 Å². The maximum atomic E-state index is 12.7. The summed E-state index contributed by atoms with van der Waals surface area (Å²) in [6.07, 6.45) is -1.40. The number of nitrogens with two attached hydrogens (primary N) is 1. The fourth-order valence-corrected chi connectivity index (χ4v) is 2.44. The number of hydrogen-bond donors (Lipinski definition) is 1. The first kappa shape index (κ1) is 15.6. The molecular formula is C12H14Cl2F3N. The zero-order valence-electron chi connectivity index (χ0n) is 9.51. The van der Waals surface area contributed by atoms with Crippen molar-refractivity contribution in [1.82, 2.24) is 0 Å². The molecule has 0 aromatic heterocycles. The van der Waals surface area contributed by atoms with Crippen molar-refractivity contribution in [2.24, 2.45) is 11.7 Å². The maximum absolute atomic E-state index is 12.7. The predicted octanol–water partition coefficient (Wildman–Crippen LogP) is 4.58. The highest BCUT2D eigenvalue weighted by atomic mass is 35.5. The van der Waals surface area contributed by atoms with Crippen LogP contribution in [-0.4, -0.2) is 0 Å². The van der Waals surface area contributed by atoms with E-state index in [0.29, 0.717) is 5.56 Å². The third kappa shape index (κ3) is 2.92. The van der Waals surface area contributed by atoms with E-state index in [4.69, 9.17) is 17.3 Å². The van der Waals surface area contributed by atoms with E-state index in [0.717, 1.165) is 25.3 Å². The highest BCUT2D eigenvalue weighted by molar-refractivity contribution is 6.32. The fourth-order valence-electron chi connectivity index (χ4n) is 2.08. The molecule has 0 heterocycles. The van der Waals surface area contributed by atoms with Gasteiger partial charge in [0, 0.05) is 6.04 Å². The molecule has 0 radical (unpaired) electrons. The van der Waals surface area contributed by atoms with Gasteiger partial charge in [0.25, 0.3) is 0 Å². The Labute approximate surface area is 115 Å². The van der Waals surface area contributed by atoms with Crippen molar-refractivity contribution in [2.45, 2.75) is 31.5 Å². The molecule has 0 bridgehead atoms. The van der Waals surface area contributed by atoms with Gasteiger partial charge in [-0.2, -0.15) is 13.2 Å². The van der Waals surface area contributed by atoms with Gasteiger partial charge >= 0.3 is 6.18 Å². The molecule has 18 heavy (non-hydrogen) atoms. The van der Waals surface area contributed by atoms with Gasteiger partial charge in [0.1, 0.15) is 0 Å². The second-order valence-corrected chi connectivity index (χ2v) is 4.80. The van der Waals surface area contributed by atoms with Crippen LogP contribution in [-0.2, 0) is 6.18 Å². The smallest absolute Gasteiger partial charge is 0.324 e. The highest BCUT2D eigenvalue weighted by Crippen LogP contribution is 2.42. The summed E-state index contributed by atoms with van der Waals surface area (Å²) in [5.41, 5.74) is 5.57. The lowest BCUT2D eigenvalue weighted by atomic mass is 9.77. The summed E-state index contributed by atoms with van der Waals surface area (Å²) in [5, 5.41) is -0.251. The van der Waals surface area contributed by atoms with Crippen LogP contribution in [0.1, 0.15) is 36.4 Å². The van der Waals surface area contributed by atoms with Gasteiger partial charge in [0.2, 0.25) is 0 Å². The Bertz CT molecular complexity index is 416. The first-order chi connectivity index (χ1) is 7.91. The lowest BCUT2D eigenvalue weighted by Crippen LogP contribution is -2.27. The van der Waals surface area contributed by atoms with Crippen molar-refractivity contribution in [1.29, 1.82) is 0 Å². The quantitative estimate of drug-likeness (QED) is 0.850. The van der Waals surface area contributed by atoms with Crippen LogP contribution in [0, 0.1) is 5.92 Å². The van der Waals surface area contributed by atoms with Crippen LogP contribution in [0.2, 0.25) is 5.02 Å².